The molecular weight excluding hydrogens is 439 g/mol. The van der Waals surface area contributed by atoms with Crippen LogP contribution in [0.15, 0.2) is 41.8 Å². The lowest BCUT2D eigenvalue weighted by Gasteiger charge is -2.35. The Balaban J connectivity index is 2.65. The predicted molar refractivity (Wildman–Crippen MR) is 136 cm³/mol. The zero-order valence-electron chi connectivity index (χ0n) is 21.1. The lowest BCUT2D eigenvalue weighted by atomic mass is 9.70. The van der Waals surface area contributed by atoms with Gasteiger partial charge in [0.2, 0.25) is 0 Å². The molecule has 1 aliphatic rings. The molecule has 1 aromatic rings. The van der Waals surface area contributed by atoms with E-state index < -0.39 is 11.8 Å². The lowest BCUT2D eigenvalue weighted by molar-refractivity contribution is -0.137. The molecule has 0 saturated heterocycles. The summed E-state index contributed by atoms with van der Waals surface area (Å²) in [6.45, 7) is 16.4. The van der Waals surface area contributed by atoms with Gasteiger partial charge in [0.1, 0.15) is 11.6 Å². The smallest absolute Gasteiger partial charge is 0.330 e. The normalized spacial score (nSPS) is 16.5. The number of fused-ring (bicyclic) bond motifs is 1. The first kappa shape index (κ1) is 26.9. The molecule has 0 amide bonds. The van der Waals surface area contributed by atoms with E-state index in [4.69, 9.17) is 21.1 Å². The molecule has 0 heterocycles. The fourth-order valence-electron chi connectivity index (χ4n) is 4.09. The third-order valence-electron chi connectivity index (χ3n) is 5.84. The van der Waals surface area contributed by atoms with Crippen LogP contribution in [-0.2, 0) is 14.9 Å². The van der Waals surface area contributed by atoms with Gasteiger partial charge in [-0.25, -0.2) is 9.18 Å². The van der Waals surface area contributed by atoms with Crippen LogP contribution in [0.5, 0.6) is 5.75 Å². The molecule has 2 rings (SSSR count). The van der Waals surface area contributed by atoms with E-state index in [-0.39, 0.29) is 5.41 Å². The maximum Gasteiger partial charge on any atom is 0.330 e. The van der Waals surface area contributed by atoms with Crippen molar-refractivity contribution in [2.75, 3.05) is 13.2 Å². The average molecular weight is 475 g/mol. The first-order valence-corrected chi connectivity index (χ1v) is 11.9. The van der Waals surface area contributed by atoms with Gasteiger partial charge in [-0.1, -0.05) is 51.4 Å². The number of hydrogen-bond acceptors (Lipinski definition) is 3. The Morgan fingerprint density at radius 2 is 1.88 bits per heavy atom. The number of carbonyl (C=O) groups is 1. The third kappa shape index (κ3) is 6.17. The largest absolute Gasteiger partial charge is 0.492 e. The van der Waals surface area contributed by atoms with Crippen LogP contribution in [-0.4, -0.2) is 19.2 Å². The summed E-state index contributed by atoms with van der Waals surface area (Å²) < 4.78 is 26.1. The Bertz CT molecular complexity index is 1030. The van der Waals surface area contributed by atoms with Crippen molar-refractivity contribution in [3.8, 4) is 5.75 Å². The summed E-state index contributed by atoms with van der Waals surface area (Å²) in [4.78, 5) is 11.6. The van der Waals surface area contributed by atoms with E-state index in [0.29, 0.717) is 46.6 Å². The van der Waals surface area contributed by atoms with Gasteiger partial charge in [-0.15, -0.1) is 0 Å². The van der Waals surface area contributed by atoms with Crippen molar-refractivity contribution in [1.82, 2.24) is 0 Å². The fourth-order valence-corrected chi connectivity index (χ4v) is 4.60. The molecule has 0 N–H and O–H groups in total. The van der Waals surface area contributed by atoms with Crippen molar-refractivity contribution in [3.63, 3.8) is 0 Å². The van der Waals surface area contributed by atoms with E-state index in [1.165, 1.54) is 17.7 Å². The zero-order valence-corrected chi connectivity index (χ0v) is 21.8. The van der Waals surface area contributed by atoms with Gasteiger partial charge in [-0.2, -0.15) is 0 Å². The van der Waals surface area contributed by atoms with Crippen LogP contribution < -0.4 is 4.74 Å². The third-order valence-corrected chi connectivity index (χ3v) is 6.20. The molecule has 5 heteroatoms. The van der Waals surface area contributed by atoms with Crippen LogP contribution in [0.2, 0.25) is 5.02 Å². The van der Waals surface area contributed by atoms with Crippen molar-refractivity contribution in [2.45, 2.75) is 67.2 Å². The summed E-state index contributed by atoms with van der Waals surface area (Å²) in [7, 11) is 0. The highest BCUT2D eigenvalue weighted by Gasteiger charge is 2.34. The van der Waals surface area contributed by atoms with Crippen LogP contribution in [0.3, 0.4) is 0 Å². The average Bonchev–Trinajstić information content (AvgIpc) is 2.72. The van der Waals surface area contributed by atoms with Crippen LogP contribution >= 0.6 is 11.6 Å². The lowest BCUT2D eigenvalue weighted by Crippen LogP contribution is -2.24. The van der Waals surface area contributed by atoms with E-state index in [9.17, 15) is 4.79 Å². The summed E-state index contributed by atoms with van der Waals surface area (Å²) in [6.07, 6.45) is 7.40. The van der Waals surface area contributed by atoms with Crippen LogP contribution in [0, 0.1) is 5.92 Å². The minimum absolute atomic E-state index is 0.153. The van der Waals surface area contributed by atoms with E-state index >= 15 is 4.39 Å². The Hall–Kier alpha value is -2.33. The van der Waals surface area contributed by atoms with Gasteiger partial charge in [-0.3, -0.25) is 0 Å². The predicted octanol–water partition coefficient (Wildman–Crippen LogP) is 8.23. The van der Waals surface area contributed by atoms with Gasteiger partial charge in [-0.05, 0) is 85.4 Å². The molecule has 0 unspecified atom stereocenters. The molecule has 0 spiro atoms. The molecule has 0 radical (unpaired) electrons. The first-order chi connectivity index (χ1) is 15.4. The standard InChI is InChI=1S/C28H36ClFO3/c1-9-32-24(31)15-18(5)11-12-23(30)19(6)21-16-22-20(17(3)4)13-14-28(7,8)25(22)26(29)27(21)33-10-2/h11-13,15-17H,9-10,14H2,1-8H3/b12-11+,18-15+,23-19+. The molecule has 3 nitrogen and oxygen atoms in total. The molecule has 0 bridgehead atoms. The summed E-state index contributed by atoms with van der Waals surface area (Å²) in [6, 6.07) is 2.02. The van der Waals surface area contributed by atoms with Crippen LogP contribution in [0.1, 0.15) is 78.5 Å². The van der Waals surface area contributed by atoms with Gasteiger partial charge in [0, 0.05) is 11.6 Å². The van der Waals surface area contributed by atoms with Crippen molar-refractivity contribution in [1.29, 1.82) is 0 Å². The van der Waals surface area contributed by atoms with Gasteiger partial charge < -0.3 is 9.47 Å². The molecule has 0 aromatic heterocycles. The number of benzene rings is 1. The van der Waals surface area contributed by atoms with Gasteiger partial charge in [0.15, 0.2) is 0 Å². The highest BCUT2D eigenvalue weighted by atomic mass is 35.5. The summed E-state index contributed by atoms with van der Waals surface area (Å²) in [5, 5.41) is 0.551. The number of carbonyl (C=O) groups excluding carboxylic acids is 1. The molecule has 33 heavy (non-hydrogen) atoms. The topological polar surface area (TPSA) is 35.5 Å². The molecule has 0 saturated carbocycles. The highest BCUT2D eigenvalue weighted by molar-refractivity contribution is 6.33. The van der Waals surface area contributed by atoms with Gasteiger partial charge in [0.05, 0.1) is 18.2 Å². The van der Waals surface area contributed by atoms with Gasteiger partial charge in [0.25, 0.3) is 0 Å². The second-order valence-electron chi connectivity index (χ2n) is 9.27. The van der Waals surface area contributed by atoms with E-state index in [1.54, 1.807) is 26.8 Å². The molecule has 0 aliphatic heterocycles. The molecule has 180 valence electrons. The number of hydrogen-bond donors (Lipinski definition) is 0. The Morgan fingerprint density at radius 3 is 2.45 bits per heavy atom. The number of ether oxygens (including phenoxy) is 2. The minimum atomic E-state index is -0.448. The maximum atomic E-state index is 15.3. The number of halogens is 2. The Kier molecular flexibility index (Phi) is 9.13. The summed E-state index contributed by atoms with van der Waals surface area (Å²) in [5.74, 6) is -0.0487. The molecule has 0 fully saturated rings. The highest BCUT2D eigenvalue weighted by Crippen LogP contribution is 2.50. The second-order valence-corrected chi connectivity index (χ2v) is 9.65. The van der Waals surface area contributed by atoms with Crippen LogP contribution in [0.25, 0.3) is 11.1 Å². The summed E-state index contributed by atoms with van der Waals surface area (Å²) >= 11 is 6.95. The monoisotopic (exact) mass is 474 g/mol. The van der Waals surface area contributed by atoms with E-state index in [2.05, 4.69) is 33.8 Å². The molecular formula is C28H36ClFO3. The van der Waals surface area contributed by atoms with Gasteiger partial charge >= 0.3 is 5.97 Å². The SMILES string of the molecule is CCOC(=O)/C=C(C)/C=C/C(F)=C(/C)c1cc2c(c(Cl)c1OCC)C(C)(C)CC=C2C(C)C. The maximum absolute atomic E-state index is 15.3. The van der Waals surface area contributed by atoms with Crippen molar-refractivity contribution in [3.05, 3.63) is 63.5 Å². The fraction of sp³-hybridized carbons (Fsp3) is 0.464. The van der Waals surface area contributed by atoms with Crippen molar-refractivity contribution < 1.29 is 18.7 Å². The Labute approximate surface area is 203 Å². The van der Waals surface area contributed by atoms with Crippen LogP contribution in [0.4, 0.5) is 4.39 Å². The second kappa shape index (κ2) is 11.2. The molecule has 1 aliphatic carbocycles. The number of rotatable bonds is 8. The number of esters is 1. The molecule has 0 atom stereocenters. The van der Waals surface area contributed by atoms with Crippen molar-refractivity contribution in [2.24, 2.45) is 5.92 Å². The zero-order chi connectivity index (χ0) is 24.9. The molecule has 1 aromatic carbocycles. The summed E-state index contributed by atoms with van der Waals surface area (Å²) in [5.41, 5.74) is 4.83. The number of allylic oxidation sites excluding steroid dienone is 7. The quantitative estimate of drug-likeness (QED) is 0.216. The minimum Gasteiger partial charge on any atom is -0.492 e. The van der Waals surface area contributed by atoms with Crippen molar-refractivity contribution >= 4 is 28.7 Å². The van der Waals surface area contributed by atoms with E-state index in [1.807, 2.05) is 13.0 Å². The van der Waals surface area contributed by atoms with E-state index in [0.717, 1.165) is 17.5 Å². The first-order valence-electron chi connectivity index (χ1n) is 11.5. The Morgan fingerprint density at radius 1 is 1.21 bits per heavy atom.